The fraction of sp³-hybridized carbons (Fsp3) is 0.364. The molecule has 152 valence electrons. The van der Waals surface area contributed by atoms with Crippen molar-refractivity contribution in [2.45, 2.75) is 39.2 Å². The summed E-state index contributed by atoms with van der Waals surface area (Å²) < 4.78 is 13.7. The maximum Gasteiger partial charge on any atom is 0.256 e. The van der Waals surface area contributed by atoms with Crippen molar-refractivity contribution < 1.29 is 14.0 Å². The first kappa shape index (κ1) is 19.4. The second-order valence-electron chi connectivity index (χ2n) is 7.72. The van der Waals surface area contributed by atoms with E-state index < -0.39 is 5.82 Å². The van der Waals surface area contributed by atoms with Gasteiger partial charge in [-0.05, 0) is 63.1 Å². The Bertz CT molecular complexity index is 1000. The summed E-state index contributed by atoms with van der Waals surface area (Å²) >= 11 is 0. The summed E-state index contributed by atoms with van der Waals surface area (Å²) in [5.41, 5.74) is 4.25. The maximum absolute atomic E-state index is 13.7. The minimum absolute atomic E-state index is 0.129. The SMILES string of the molecule is Cc1[nH]c(/C=C2\C(=O)Nc3ccc(F)cc32)c(C)c1C(=O)NCC1CCCCN1. The van der Waals surface area contributed by atoms with Crippen LogP contribution >= 0.6 is 0 Å². The van der Waals surface area contributed by atoms with Crippen LogP contribution in [0.5, 0.6) is 0 Å². The van der Waals surface area contributed by atoms with Crippen molar-refractivity contribution in [2.75, 3.05) is 18.4 Å². The van der Waals surface area contributed by atoms with Gasteiger partial charge >= 0.3 is 0 Å². The lowest BCUT2D eigenvalue weighted by atomic mass is 10.0. The highest BCUT2D eigenvalue weighted by Crippen LogP contribution is 2.34. The zero-order valence-corrected chi connectivity index (χ0v) is 16.6. The number of anilines is 1. The third-order valence-corrected chi connectivity index (χ3v) is 5.68. The molecule has 2 amide bonds. The molecule has 0 saturated carbocycles. The summed E-state index contributed by atoms with van der Waals surface area (Å²) in [5, 5.41) is 9.18. The summed E-state index contributed by atoms with van der Waals surface area (Å²) in [6.45, 7) is 5.27. The summed E-state index contributed by atoms with van der Waals surface area (Å²) in [6.07, 6.45) is 5.10. The maximum atomic E-state index is 13.7. The van der Waals surface area contributed by atoms with Crippen LogP contribution in [0.1, 0.15) is 52.1 Å². The normalized spacial score (nSPS) is 19.9. The molecule has 4 rings (SSSR count). The van der Waals surface area contributed by atoms with E-state index in [9.17, 15) is 14.0 Å². The highest BCUT2D eigenvalue weighted by molar-refractivity contribution is 6.34. The van der Waals surface area contributed by atoms with Gasteiger partial charge in [-0.3, -0.25) is 9.59 Å². The number of aryl methyl sites for hydroxylation is 1. The van der Waals surface area contributed by atoms with E-state index in [2.05, 4.69) is 20.9 Å². The molecule has 1 aromatic carbocycles. The third-order valence-electron chi connectivity index (χ3n) is 5.68. The van der Waals surface area contributed by atoms with Gasteiger partial charge in [0.1, 0.15) is 5.82 Å². The second kappa shape index (κ2) is 7.83. The lowest BCUT2D eigenvalue weighted by Crippen LogP contribution is -2.43. The van der Waals surface area contributed by atoms with Crippen molar-refractivity contribution in [2.24, 2.45) is 0 Å². The molecule has 1 atom stereocenters. The molecule has 3 heterocycles. The van der Waals surface area contributed by atoms with Gasteiger partial charge in [0.15, 0.2) is 0 Å². The van der Waals surface area contributed by atoms with E-state index in [1.165, 1.54) is 25.0 Å². The smallest absolute Gasteiger partial charge is 0.256 e. The lowest BCUT2D eigenvalue weighted by Gasteiger charge is -2.23. The largest absolute Gasteiger partial charge is 0.358 e. The molecule has 2 aliphatic rings. The Morgan fingerprint density at radius 3 is 2.90 bits per heavy atom. The molecule has 4 N–H and O–H groups in total. The van der Waals surface area contributed by atoms with Gasteiger partial charge in [0.05, 0.1) is 11.1 Å². The molecule has 7 heteroatoms. The van der Waals surface area contributed by atoms with Gasteiger partial charge < -0.3 is 20.9 Å². The molecule has 0 spiro atoms. The third kappa shape index (κ3) is 3.82. The van der Waals surface area contributed by atoms with Crippen molar-refractivity contribution in [3.8, 4) is 0 Å². The van der Waals surface area contributed by atoms with Crippen molar-refractivity contribution in [1.29, 1.82) is 0 Å². The molecule has 1 saturated heterocycles. The van der Waals surface area contributed by atoms with Crippen LogP contribution in [0.2, 0.25) is 0 Å². The number of hydrogen-bond donors (Lipinski definition) is 4. The van der Waals surface area contributed by atoms with E-state index in [1.807, 2.05) is 13.8 Å². The second-order valence-corrected chi connectivity index (χ2v) is 7.72. The highest BCUT2D eigenvalue weighted by atomic mass is 19.1. The van der Waals surface area contributed by atoms with Crippen molar-refractivity contribution in [3.63, 3.8) is 0 Å². The number of piperidine rings is 1. The van der Waals surface area contributed by atoms with Crippen LogP contribution in [-0.4, -0.2) is 35.9 Å². The van der Waals surface area contributed by atoms with Crippen molar-refractivity contribution in [3.05, 3.63) is 52.1 Å². The van der Waals surface area contributed by atoms with Crippen LogP contribution in [0.25, 0.3) is 11.6 Å². The summed E-state index contributed by atoms with van der Waals surface area (Å²) in [4.78, 5) is 28.3. The number of aromatic nitrogens is 1. The molecule has 6 nitrogen and oxygen atoms in total. The first-order valence-electron chi connectivity index (χ1n) is 9.97. The number of rotatable bonds is 4. The van der Waals surface area contributed by atoms with Crippen LogP contribution in [-0.2, 0) is 4.79 Å². The van der Waals surface area contributed by atoms with Gasteiger partial charge in [-0.25, -0.2) is 4.39 Å². The number of hydrogen-bond acceptors (Lipinski definition) is 3. The monoisotopic (exact) mass is 396 g/mol. The number of carbonyl (C=O) groups excluding carboxylic acids is 2. The minimum Gasteiger partial charge on any atom is -0.358 e. The number of aromatic amines is 1. The molecular weight excluding hydrogens is 371 g/mol. The molecule has 0 bridgehead atoms. The quantitative estimate of drug-likeness (QED) is 0.599. The van der Waals surface area contributed by atoms with Crippen LogP contribution in [0, 0.1) is 19.7 Å². The molecular formula is C22H25FN4O2. The van der Waals surface area contributed by atoms with Gasteiger partial charge in [-0.1, -0.05) is 6.42 Å². The number of benzene rings is 1. The number of nitrogens with one attached hydrogen (secondary N) is 4. The fourth-order valence-electron chi connectivity index (χ4n) is 4.11. The van der Waals surface area contributed by atoms with Gasteiger partial charge in [0.2, 0.25) is 0 Å². The molecule has 1 unspecified atom stereocenters. The van der Waals surface area contributed by atoms with Crippen molar-refractivity contribution >= 4 is 29.2 Å². The molecule has 2 aliphatic heterocycles. The Balaban J connectivity index is 1.58. The minimum atomic E-state index is -0.401. The standard InChI is InChI=1S/C22H25FN4O2/c1-12-19(10-17-16-9-14(23)6-7-18(16)27-21(17)28)26-13(2)20(12)22(29)25-11-15-5-3-4-8-24-15/h6-7,9-10,15,24,26H,3-5,8,11H2,1-2H3,(H,25,29)(H,27,28)/b17-10-. The van der Waals surface area contributed by atoms with E-state index in [4.69, 9.17) is 0 Å². The Kier molecular flexibility index (Phi) is 5.24. The van der Waals surface area contributed by atoms with E-state index in [0.717, 1.165) is 24.2 Å². The molecule has 1 fully saturated rings. The van der Waals surface area contributed by atoms with E-state index in [0.29, 0.717) is 40.7 Å². The van der Waals surface area contributed by atoms with E-state index >= 15 is 0 Å². The fourth-order valence-corrected chi connectivity index (χ4v) is 4.11. The first-order chi connectivity index (χ1) is 13.9. The highest BCUT2D eigenvalue weighted by Gasteiger charge is 2.26. The molecule has 1 aromatic heterocycles. The Hall–Kier alpha value is -2.93. The Labute approximate surface area is 169 Å². The summed E-state index contributed by atoms with van der Waals surface area (Å²) in [6, 6.07) is 4.52. The topological polar surface area (TPSA) is 86.0 Å². The van der Waals surface area contributed by atoms with E-state index in [1.54, 1.807) is 12.1 Å². The lowest BCUT2D eigenvalue weighted by molar-refractivity contribution is -0.110. The molecule has 2 aromatic rings. The predicted octanol–water partition coefficient (Wildman–Crippen LogP) is 3.14. The Morgan fingerprint density at radius 1 is 1.31 bits per heavy atom. The van der Waals surface area contributed by atoms with Gasteiger partial charge in [0.25, 0.3) is 11.8 Å². The number of halogens is 1. The van der Waals surface area contributed by atoms with Crippen LogP contribution < -0.4 is 16.0 Å². The van der Waals surface area contributed by atoms with Crippen LogP contribution in [0.3, 0.4) is 0 Å². The zero-order chi connectivity index (χ0) is 20.5. The molecule has 0 aliphatic carbocycles. The molecule has 29 heavy (non-hydrogen) atoms. The van der Waals surface area contributed by atoms with Crippen LogP contribution in [0.4, 0.5) is 10.1 Å². The first-order valence-corrected chi connectivity index (χ1v) is 9.97. The number of amides is 2. The average Bonchev–Trinajstić information content (AvgIpc) is 3.16. The number of H-pyrrole nitrogens is 1. The molecule has 0 radical (unpaired) electrons. The number of carbonyl (C=O) groups is 2. The van der Waals surface area contributed by atoms with Gasteiger partial charge in [-0.2, -0.15) is 0 Å². The summed E-state index contributed by atoms with van der Waals surface area (Å²) in [7, 11) is 0. The predicted molar refractivity (Wildman–Crippen MR) is 111 cm³/mol. The van der Waals surface area contributed by atoms with Crippen molar-refractivity contribution in [1.82, 2.24) is 15.6 Å². The number of fused-ring (bicyclic) bond motifs is 1. The van der Waals surface area contributed by atoms with Gasteiger partial charge in [-0.15, -0.1) is 0 Å². The average molecular weight is 396 g/mol. The Morgan fingerprint density at radius 2 is 2.14 bits per heavy atom. The van der Waals surface area contributed by atoms with Crippen LogP contribution in [0.15, 0.2) is 18.2 Å². The van der Waals surface area contributed by atoms with E-state index in [-0.39, 0.29) is 11.8 Å². The summed E-state index contributed by atoms with van der Waals surface area (Å²) in [5.74, 6) is -0.816. The zero-order valence-electron chi connectivity index (χ0n) is 16.6. The van der Waals surface area contributed by atoms with Gasteiger partial charge in [0, 0.05) is 35.2 Å².